The van der Waals surface area contributed by atoms with Gasteiger partial charge in [-0.2, -0.15) is 0 Å². The van der Waals surface area contributed by atoms with E-state index in [-0.39, 0.29) is 34.3 Å². The number of carbonyl (C=O) groups is 1. The molecule has 0 spiro atoms. The highest BCUT2D eigenvalue weighted by Crippen LogP contribution is 2.33. The van der Waals surface area contributed by atoms with Crippen LogP contribution in [0.3, 0.4) is 0 Å². The quantitative estimate of drug-likeness (QED) is 0.434. The van der Waals surface area contributed by atoms with E-state index >= 15 is 0 Å². The second-order valence-corrected chi connectivity index (χ2v) is 13.0. The van der Waals surface area contributed by atoms with E-state index in [2.05, 4.69) is 9.88 Å². The Kier molecular flexibility index (Phi) is 8.56. The van der Waals surface area contributed by atoms with E-state index in [9.17, 15) is 21.6 Å². The SMILES string of the molecule is CS(=O)(=O)c1ccccc1C(=O)N(CCN1CCOCC1)c1nc2c(S(C)(=O)=O)cccc2s1.Cl. The summed E-state index contributed by atoms with van der Waals surface area (Å²) in [6, 6.07) is 10.9. The molecule has 9 nitrogen and oxygen atoms in total. The second kappa shape index (κ2) is 10.9. The van der Waals surface area contributed by atoms with Gasteiger partial charge < -0.3 is 4.74 Å². The summed E-state index contributed by atoms with van der Waals surface area (Å²) in [5, 5.41) is 0.313. The number of hydrogen-bond acceptors (Lipinski definition) is 9. The van der Waals surface area contributed by atoms with Gasteiger partial charge in [0.05, 0.1) is 33.3 Å². The molecule has 13 heteroatoms. The minimum absolute atomic E-state index is 0. The molecule has 1 fully saturated rings. The maximum Gasteiger partial charge on any atom is 0.261 e. The van der Waals surface area contributed by atoms with Gasteiger partial charge in [-0.25, -0.2) is 21.8 Å². The molecule has 0 saturated carbocycles. The molecule has 0 N–H and O–H groups in total. The summed E-state index contributed by atoms with van der Waals surface area (Å²) in [6.45, 7) is 3.43. The van der Waals surface area contributed by atoms with Crippen molar-refractivity contribution in [3.63, 3.8) is 0 Å². The fraction of sp³-hybridized carbons (Fsp3) is 0.364. The van der Waals surface area contributed by atoms with E-state index in [0.717, 1.165) is 25.6 Å². The fourth-order valence-corrected chi connectivity index (χ4v) is 6.58. The van der Waals surface area contributed by atoms with Crippen LogP contribution in [0.1, 0.15) is 10.4 Å². The summed E-state index contributed by atoms with van der Waals surface area (Å²) >= 11 is 1.20. The highest BCUT2D eigenvalue weighted by Gasteiger charge is 2.28. The zero-order chi connectivity index (χ0) is 24.5. The van der Waals surface area contributed by atoms with Gasteiger partial charge in [-0.1, -0.05) is 29.5 Å². The van der Waals surface area contributed by atoms with Gasteiger partial charge in [-0.15, -0.1) is 12.4 Å². The van der Waals surface area contributed by atoms with Crippen molar-refractivity contribution < 1.29 is 26.4 Å². The number of rotatable bonds is 7. The number of sulfone groups is 2. The maximum absolute atomic E-state index is 13.7. The number of nitrogens with zero attached hydrogens (tertiary/aromatic N) is 3. The van der Waals surface area contributed by atoms with Crippen LogP contribution in [0.15, 0.2) is 52.3 Å². The number of carbonyl (C=O) groups excluding carboxylic acids is 1. The van der Waals surface area contributed by atoms with Crippen LogP contribution in [0.2, 0.25) is 0 Å². The van der Waals surface area contributed by atoms with Crippen molar-refractivity contribution in [2.24, 2.45) is 0 Å². The van der Waals surface area contributed by atoms with Crippen LogP contribution in [0.25, 0.3) is 10.2 Å². The van der Waals surface area contributed by atoms with Crippen molar-refractivity contribution >= 4 is 64.7 Å². The molecule has 0 atom stereocenters. The monoisotopic (exact) mass is 559 g/mol. The first-order valence-electron chi connectivity index (χ1n) is 10.6. The van der Waals surface area contributed by atoms with Crippen molar-refractivity contribution in [2.45, 2.75) is 9.79 Å². The molecule has 35 heavy (non-hydrogen) atoms. The van der Waals surface area contributed by atoms with E-state index in [1.165, 1.54) is 34.4 Å². The first kappa shape index (κ1) is 27.5. The van der Waals surface area contributed by atoms with Crippen molar-refractivity contribution in [1.29, 1.82) is 0 Å². The molecular weight excluding hydrogens is 534 g/mol. The molecule has 2 heterocycles. The molecule has 1 aromatic heterocycles. The molecule has 1 saturated heterocycles. The number of halogens is 1. The maximum atomic E-state index is 13.7. The zero-order valence-corrected chi connectivity index (χ0v) is 22.5. The predicted molar refractivity (Wildman–Crippen MR) is 138 cm³/mol. The minimum Gasteiger partial charge on any atom is -0.379 e. The molecule has 3 aromatic rings. The molecule has 0 bridgehead atoms. The molecule has 190 valence electrons. The zero-order valence-electron chi connectivity index (χ0n) is 19.2. The predicted octanol–water partition coefficient (Wildman–Crippen LogP) is 2.50. The Morgan fingerprint density at radius 1 is 1.00 bits per heavy atom. The van der Waals surface area contributed by atoms with E-state index in [4.69, 9.17) is 4.74 Å². The Morgan fingerprint density at radius 2 is 1.63 bits per heavy atom. The van der Waals surface area contributed by atoms with Crippen LogP contribution < -0.4 is 4.90 Å². The van der Waals surface area contributed by atoms with Crippen LogP contribution in [0, 0.1) is 0 Å². The summed E-state index contributed by atoms with van der Waals surface area (Å²) in [6.07, 6.45) is 2.18. The van der Waals surface area contributed by atoms with Crippen LogP contribution in [0.4, 0.5) is 5.13 Å². The Hall–Kier alpha value is -2.09. The number of morpholine rings is 1. The highest BCUT2D eigenvalue weighted by atomic mass is 35.5. The third-order valence-corrected chi connectivity index (χ3v) is 8.83. The first-order chi connectivity index (χ1) is 16.1. The van der Waals surface area contributed by atoms with Crippen molar-refractivity contribution in [3.05, 3.63) is 48.0 Å². The number of anilines is 1. The summed E-state index contributed by atoms with van der Waals surface area (Å²) in [4.78, 5) is 21.9. The summed E-state index contributed by atoms with van der Waals surface area (Å²) < 4.78 is 55.2. The Bertz CT molecular complexity index is 1430. The van der Waals surface area contributed by atoms with Crippen LogP contribution in [0.5, 0.6) is 0 Å². The molecule has 0 aliphatic carbocycles. The smallest absolute Gasteiger partial charge is 0.261 e. The minimum atomic E-state index is -3.65. The molecule has 1 aliphatic heterocycles. The van der Waals surface area contributed by atoms with E-state index < -0.39 is 25.6 Å². The Labute approximate surface area is 215 Å². The van der Waals surface area contributed by atoms with Crippen molar-refractivity contribution in [3.8, 4) is 0 Å². The third kappa shape index (κ3) is 6.19. The molecule has 0 radical (unpaired) electrons. The van der Waals surface area contributed by atoms with Crippen LogP contribution in [-0.4, -0.2) is 84.5 Å². The molecule has 4 rings (SSSR count). The van der Waals surface area contributed by atoms with Crippen LogP contribution in [-0.2, 0) is 24.4 Å². The molecule has 1 amide bonds. The molecule has 1 aliphatic rings. The number of benzene rings is 2. The lowest BCUT2D eigenvalue weighted by atomic mass is 10.2. The van der Waals surface area contributed by atoms with Gasteiger partial charge in [0.15, 0.2) is 24.8 Å². The fourth-order valence-electron chi connectivity index (χ4n) is 3.79. The van der Waals surface area contributed by atoms with Gasteiger partial charge in [-0.3, -0.25) is 14.6 Å². The number of fused-ring (bicyclic) bond motifs is 1. The van der Waals surface area contributed by atoms with E-state index in [1.54, 1.807) is 24.3 Å². The normalized spacial score (nSPS) is 15.0. The summed E-state index contributed by atoms with van der Waals surface area (Å²) in [5.41, 5.74) is 0.347. The summed E-state index contributed by atoms with van der Waals surface area (Å²) in [5.74, 6) is -0.505. The summed E-state index contributed by atoms with van der Waals surface area (Å²) in [7, 11) is -7.18. The number of amides is 1. The Morgan fingerprint density at radius 3 is 2.29 bits per heavy atom. The van der Waals surface area contributed by atoms with Gasteiger partial charge in [0.1, 0.15) is 5.52 Å². The van der Waals surface area contributed by atoms with Gasteiger partial charge in [-0.05, 0) is 24.3 Å². The van der Waals surface area contributed by atoms with Crippen molar-refractivity contribution in [1.82, 2.24) is 9.88 Å². The highest BCUT2D eigenvalue weighted by molar-refractivity contribution is 7.91. The van der Waals surface area contributed by atoms with Gasteiger partial charge >= 0.3 is 0 Å². The number of ether oxygens (including phenoxy) is 1. The number of aromatic nitrogens is 1. The largest absolute Gasteiger partial charge is 0.379 e. The molecule has 2 aromatic carbocycles. The topological polar surface area (TPSA) is 114 Å². The van der Waals surface area contributed by atoms with E-state index in [1.807, 2.05) is 0 Å². The van der Waals surface area contributed by atoms with E-state index in [0.29, 0.717) is 35.1 Å². The molecular formula is C22H26ClN3O6S3. The lowest BCUT2D eigenvalue weighted by Crippen LogP contribution is -2.43. The van der Waals surface area contributed by atoms with Crippen molar-refractivity contribution in [2.75, 3.05) is 56.8 Å². The first-order valence-corrected chi connectivity index (χ1v) is 15.2. The Balaban J connectivity index is 0.00000342. The number of para-hydroxylation sites is 1. The number of thiazole rings is 1. The third-order valence-electron chi connectivity index (χ3n) is 5.51. The lowest BCUT2D eigenvalue weighted by Gasteiger charge is -2.29. The van der Waals surface area contributed by atoms with Crippen LogP contribution >= 0.6 is 23.7 Å². The number of hydrogen-bond donors (Lipinski definition) is 0. The van der Waals surface area contributed by atoms with Gasteiger partial charge in [0.2, 0.25) is 0 Å². The standard InChI is InChI=1S/C22H25N3O6S3.ClH/c1-33(27,28)18-8-4-3-6-16(18)21(26)25(11-10-24-12-14-31-15-13-24)22-23-20-17(32-22)7-5-9-19(20)34(2,29)30;/h3-9H,10-15H2,1-2H3;1H. The molecule has 0 unspecified atom stereocenters. The van der Waals surface area contributed by atoms with Gasteiger partial charge in [0, 0.05) is 38.7 Å². The van der Waals surface area contributed by atoms with Gasteiger partial charge in [0.25, 0.3) is 5.91 Å². The average molecular weight is 560 g/mol. The average Bonchev–Trinajstić information content (AvgIpc) is 3.22. The second-order valence-electron chi connectivity index (χ2n) is 8.05. The lowest BCUT2D eigenvalue weighted by molar-refractivity contribution is 0.0391.